The summed E-state index contributed by atoms with van der Waals surface area (Å²) in [6, 6.07) is 5.81. The van der Waals surface area contributed by atoms with E-state index in [-0.39, 0.29) is 11.4 Å². The van der Waals surface area contributed by atoms with Gasteiger partial charge in [-0.1, -0.05) is 19.1 Å². The first-order valence-electron chi connectivity index (χ1n) is 6.38. The van der Waals surface area contributed by atoms with Gasteiger partial charge in [-0.2, -0.15) is 0 Å². The minimum atomic E-state index is -0.227. The Hall–Kier alpha value is -1.02. The molecule has 1 atom stereocenters. The number of amides is 1. The van der Waals surface area contributed by atoms with E-state index in [9.17, 15) is 4.79 Å². The molecule has 0 spiro atoms. The second-order valence-electron chi connectivity index (χ2n) is 5.05. The summed E-state index contributed by atoms with van der Waals surface area (Å²) < 4.78 is 0. The van der Waals surface area contributed by atoms with Crippen LogP contribution < -0.4 is 5.32 Å². The summed E-state index contributed by atoms with van der Waals surface area (Å²) in [5.74, 6) is 0.544. The van der Waals surface area contributed by atoms with Crippen LogP contribution in [0.3, 0.4) is 0 Å². The summed E-state index contributed by atoms with van der Waals surface area (Å²) in [5.41, 5.74) is 2.71. The van der Waals surface area contributed by atoms with Crippen LogP contribution in [0.25, 0.3) is 0 Å². The van der Waals surface area contributed by atoms with E-state index >= 15 is 0 Å². The molecule has 0 heterocycles. The van der Waals surface area contributed by atoms with Gasteiger partial charge < -0.3 is 5.32 Å². The topological polar surface area (TPSA) is 29.1 Å². The summed E-state index contributed by atoms with van der Waals surface area (Å²) >= 11 is 5.80. The molecule has 0 saturated heterocycles. The van der Waals surface area contributed by atoms with Crippen molar-refractivity contribution in [2.45, 2.75) is 46.1 Å². The first kappa shape index (κ1) is 15.0. The highest BCUT2D eigenvalue weighted by Crippen LogP contribution is 2.18. The zero-order chi connectivity index (χ0) is 13.8. The highest BCUT2D eigenvalue weighted by Gasteiger charge is 2.24. The lowest BCUT2D eigenvalue weighted by Crippen LogP contribution is -2.46. The fourth-order valence-electron chi connectivity index (χ4n) is 1.87. The van der Waals surface area contributed by atoms with Gasteiger partial charge in [-0.15, -0.1) is 11.6 Å². The maximum Gasteiger partial charge on any atom is 0.251 e. The Balaban J connectivity index is 2.91. The number of aryl methyl sites for hydroxylation is 1. The van der Waals surface area contributed by atoms with Crippen molar-refractivity contribution in [3.63, 3.8) is 0 Å². The molecule has 1 rings (SSSR count). The number of hydrogen-bond donors (Lipinski definition) is 1. The number of rotatable bonds is 5. The Morgan fingerprint density at radius 2 is 2.06 bits per heavy atom. The molecule has 0 aliphatic rings. The Labute approximate surface area is 115 Å². The smallest absolute Gasteiger partial charge is 0.251 e. The molecule has 1 aromatic carbocycles. The molecule has 1 amide bonds. The van der Waals surface area contributed by atoms with E-state index < -0.39 is 0 Å². The number of hydrogen-bond acceptors (Lipinski definition) is 1. The Morgan fingerprint density at radius 1 is 1.39 bits per heavy atom. The van der Waals surface area contributed by atoms with E-state index in [1.54, 1.807) is 0 Å². The highest BCUT2D eigenvalue weighted by atomic mass is 35.5. The first-order valence-corrected chi connectivity index (χ1v) is 6.91. The molecule has 0 fully saturated rings. The molecule has 0 aliphatic carbocycles. The van der Waals surface area contributed by atoms with Crippen molar-refractivity contribution in [3.05, 3.63) is 34.9 Å². The van der Waals surface area contributed by atoms with E-state index in [1.807, 2.05) is 39.0 Å². The number of alkyl halides is 1. The van der Waals surface area contributed by atoms with Gasteiger partial charge in [0.15, 0.2) is 0 Å². The third-order valence-corrected chi connectivity index (χ3v) is 3.88. The minimum absolute atomic E-state index is 0.00864. The Bertz CT molecular complexity index is 431. The average molecular weight is 268 g/mol. The van der Waals surface area contributed by atoms with Crippen LogP contribution in [0, 0.1) is 13.8 Å². The van der Waals surface area contributed by atoms with E-state index in [1.165, 1.54) is 0 Å². The van der Waals surface area contributed by atoms with Gasteiger partial charge in [-0.25, -0.2) is 0 Å². The van der Waals surface area contributed by atoms with Gasteiger partial charge in [-0.05, 0) is 50.8 Å². The van der Waals surface area contributed by atoms with Crippen molar-refractivity contribution in [2.75, 3.05) is 5.88 Å². The number of nitrogens with one attached hydrogen (secondary N) is 1. The Kier molecular flexibility index (Phi) is 5.21. The standard InChI is InChI=1S/C15H22ClNO/c1-5-15(4,9-10-16)17-14(18)13-8-6-7-11(2)12(13)3/h6-8H,5,9-10H2,1-4H3,(H,17,18). The third kappa shape index (κ3) is 3.49. The fraction of sp³-hybridized carbons (Fsp3) is 0.533. The van der Waals surface area contributed by atoms with Crippen molar-refractivity contribution in [1.29, 1.82) is 0 Å². The molecule has 0 bridgehead atoms. The van der Waals surface area contributed by atoms with Crippen molar-refractivity contribution >= 4 is 17.5 Å². The minimum Gasteiger partial charge on any atom is -0.347 e. The maximum atomic E-state index is 12.3. The summed E-state index contributed by atoms with van der Waals surface area (Å²) in [6.45, 7) is 8.10. The molecular formula is C15H22ClNO. The highest BCUT2D eigenvalue weighted by molar-refractivity contribution is 6.17. The molecule has 1 aromatic rings. The predicted octanol–water partition coefficient (Wildman–Crippen LogP) is 3.83. The Morgan fingerprint density at radius 3 is 2.61 bits per heavy atom. The van der Waals surface area contributed by atoms with E-state index in [4.69, 9.17) is 11.6 Å². The average Bonchev–Trinajstić information content (AvgIpc) is 2.32. The van der Waals surface area contributed by atoms with Gasteiger partial charge in [0.25, 0.3) is 5.91 Å². The summed E-state index contributed by atoms with van der Waals surface area (Å²) in [4.78, 5) is 12.3. The summed E-state index contributed by atoms with van der Waals surface area (Å²) in [5, 5.41) is 3.10. The van der Waals surface area contributed by atoms with Crippen molar-refractivity contribution in [2.24, 2.45) is 0 Å². The molecule has 0 aromatic heterocycles. The van der Waals surface area contributed by atoms with Crippen LogP contribution >= 0.6 is 11.6 Å². The molecular weight excluding hydrogens is 246 g/mol. The van der Waals surface area contributed by atoms with Crippen LogP contribution in [0.5, 0.6) is 0 Å². The molecule has 100 valence electrons. The molecule has 0 aliphatic heterocycles. The van der Waals surface area contributed by atoms with Crippen LogP contribution in [0.15, 0.2) is 18.2 Å². The van der Waals surface area contributed by atoms with Gasteiger partial charge in [-0.3, -0.25) is 4.79 Å². The molecule has 1 unspecified atom stereocenters. The number of carbonyl (C=O) groups excluding carboxylic acids is 1. The summed E-state index contributed by atoms with van der Waals surface area (Å²) in [7, 11) is 0. The molecule has 1 N–H and O–H groups in total. The lowest BCUT2D eigenvalue weighted by Gasteiger charge is -2.29. The molecule has 0 radical (unpaired) electrons. The second-order valence-corrected chi connectivity index (χ2v) is 5.43. The molecule has 2 nitrogen and oxygen atoms in total. The summed E-state index contributed by atoms with van der Waals surface area (Å²) in [6.07, 6.45) is 1.65. The molecule has 3 heteroatoms. The van der Waals surface area contributed by atoms with Gasteiger partial charge in [0.05, 0.1) is 0 Å². The van der Waals surface area contributed by atoms with E-state index in [0.717, 1.165) is 29.5 Å². The van der Waals surface area contributed by atoms with Gasteiger partial charge in [0.1, 0.15) is 0 Å². The quantitative estimate of drug-likeness (QED) is 0.807. The van der Waals surface area contributed by atoms with Crippen LogP contribution in [-0.2, 0) is 0 Å². The van der Waals surface area contributed by atoms with Crippen molar-refractivity contribution < 1.29 is 4.79 Å². The van der Waals surface area contributed by atoms with Crippen LogP contribution in [0.1, 0.15) is 48.2 Å². The van der Waals surface area contributed by atoms with Crippen LogP contribution in [-0.4, -0.2) is 17.3 Å². The van der Waals surface area contributed by atoms with E-state index in [0.29, 0.717) is 5.88 Å². The van der Waals surface area contributed by atoms with E-state index in [2.05, 4.69) is 12.2 Å². The van der Waals surface area contributed by atoms with Crippen molar-refractivity contribution in [3.8, 4) is 0 Å². The van der Waals surface area contributed by atoms with Gasteiger partial charge >= 0.3 is 0 Å². The monoisotopic (exact) mass is 267 g/mol. The number of benzene rings is 1. The zero-order valence-corrected chi connectivity index (χ0v) is 12.4. The fourth-order valence-corrected chi connectivity index (χ4v) is 2.29. The number of halogens is 1. The lowest BCUT2D eigenvalue weighted by molar-refractivity contribution is 0.0901. The van der Waals surface area contributed by atoms with Gasteiger partial charge in [0, 0.05) is 17.0 Å². The number of carbonyl (C=O) groups is 1. The predicted molar refractivity (Wildman–Crippen MR) is 77.4 cm³/mol. The van der Waals surface area contributed by atoms with Gasteiger partial charge in [0.2, 0.25) is 0 Å². The first-order chi connectivity index (χ1) is 8.43. The maximum absolute atomic E-state index is 12.3. The van der Waals surface area contributed by atoms with Crippen molar-refractivity contribution in [1.82, 2.24) is 5.32 Å². The van der Waals surface area contributed by atoms with Crippen LogP contribution in [0.2, 0.25) is 0 Å². The third-order valence-electron chi connectivity index (χ3n) is 3.69. The molecule has 18 heavy (non-hydrogen) atoms. The lowest BCUT2D eigenvalue weighted by atomic mass is 9.94. The zero-order valence-electron chi connectivity index (χ0n) is 11.6. The normalized spacial score (nSPS) is 14.1. The molecule has 0 saturated carbocycles. The second kappa shape index (κ2) is 6.24. The SMILES string of the molecule is CCC(C)(CCCl)NC(=O)c1cccc(C)c1C. The largest absolute Gasteiger partial charge is 0.347 e. The van der Waals surface area contributed by atoms with Crippen LogP contribution in [0.4, 0.5) is 0 Å².